The lowest BCUT2D eigenvalue weighted by Gasteiger charge is -2.28. The molecule has 26 heavy (non-hydrogen) atoms. The first kappa shape index (κ1) is 15.7. The molecule has 1 aliphatic heterocycles. The summed E-state index contributed by atoms with van der Waals surface area (Å²) in [4.78, 5) is 12.2. The molecule has 2 aliphatic rings. The number of piperidine rings is 1. The molecule has 5 nitrogen and oxygen atoms in total. The van der Waals surface area contributed by atoms with Crippen molar-refractivity contribution < 1.29 is 4.39 Å². The summed E-state index contributed by atoms with van der Waals surface area (Å²) in [5, 5.41) is 5.76. The predicted molar refractivity (Wildman–Crippen MR) is 99.4 cm³/mol. The minimum Gasteiger partial charge on any atom is -0.356 e. The standard InChI is InChI=1S/C20H22FN5/c1-13-17-19(25-11-3-2-4-12-25)22-18(14-5-6-14)23-20(17)26(24-13)16-9-7-15(21)8-10-16/h7-10,14H,2-6,11-12H2,1H3. The highest BCUT2D eigenvalue weighted by Crippen LogP contribution is 2.40. The molecule has 134 valence electrons. The predicted octanol–water partition coefficient (Wildman–Crippen LogP) is 4.13. The highest BCUT2D eigenvalue weighted by atomic mass is 19.1. The summed E-state index contributed by atoms with van der Waals surface area (Å²) >= 11 is 0. The molecule has 0 spiro atoms. The Morgan fingerprint density at radius 1 is 1.00 bits per heavy atom. The maximum absolute atomic E-state index is 13.3. The largest absolute Gasteiger partial charge is 0.356 e. The lowest BCUT2D eigenvalue weighted by molar-refractivity contribution is 0.573. The summed E-state index contributed by atoms with van der Waals surface area (Å²) in [7, 11) is 0. The van der Waals surface area contributed by atoms with E-state index in [-0.39, 0.29) is 5.82 Å². The van der Waals surface area contributed by atoms with Gasteiger partial charge < -0.3 is 4.90 Å². The normalized spacial score (nSPS) is 17.8. The van der Waals surface area contributed by atoms with Gasteiger partial charge in [-0.3, -0.25) is 0 Å². The monoisotopic (exact) mass is 351 g/mol. The summed E-state index contributed by atoms with van der Waals surface area (Å²) in [5.41, 5.74) is 2.59. The van der Waals surface area contributed by atoms with Crippen LogP contribution in [0, 0.1) is 12.7 Å². The number of aromatic nitrogens is 4. The zero-order chi connectivity index (χ0) is 17.7. The number of aryl methyl sites for hydroxylation is 1. The zero-order valence-corrected chi connectivity index (χ0v) is 15.0. The Kier molecular flexibility index (Phi) is 3.65. The molecule has 2 fully saturated rings. The first-order valence-electron chi connectivity index (χ1n) is 9.49. The van der Waals surface area contributed by atoms with Crippen LogP contribution in [0.5, 0.6) is 0 Å². The maximum atomic E-state index is 13.3. The second-order valence-corrected chi connectivity index (χ2v) is 7.40. The molecule has 3 heterocycles. The first-order chi connectivity index (χ1) is 12.7. The van der Waals surface area contributed by atoms with Gasteiger partial charge in [0.15, 0.2) is 5.65 Å². The van der Waals surface area contributed by atoms with Gasteiger partial charge in [-0.1, -0.05) is 0 Å². The lowest BCUT2D eigenvalue weighted by Crippen LogP contribution is -2.30. The van der Waals surface area contributed by atoms with E-state index in [2.05, 4.69) is 4.90 Å². The van der Waals surface area contributed by atoms with Crippen molar-refractivity contribution in [1.82, 2.24) is 19.7 Å². The molecule has 1 aromatic carbocycles. The van der Waals surface area contributed by atoms with Gasteiger partial charge in [-0.05, 0) is 63.3 Å². The van der Waals surface area contributed by atoms with E-state index in [1.807, 2.05) is 11.6 Å². The van der Waals surface area contributed by atoms with Crippen LogP contribution in [0.4, 0.5) is 10.2 Å². The van der Waals surface area contributed by atoms with Crippen LogP contribution in [0.1, 0.15) is 49.5 Å². The van der Waals surface area contributed by atoms with Gasteiger partial charge in [0.25, 0.3) is 0 Å². The zero-order valence-electron chi connectivity index (χ0n) is 15.0. The summed E-state index contributed by atoms with van der Waals surface area (Å²) in [6.07, 6.45) is 6.02. The van der Waals surface area contributed by atoms with E-state index in [0.29, 0.717) is 5.92 Å². The Labute approximate surface area is 151 Å². The molecule has 6 heteroatoms. The van der Waals surface area contributed by atoms with Crippen LogP contribution in [-0.4, -0.2) is 32.8 Å². The summed E-state index contributed by atoms with van der Waals surface area (Å²) < 4.78 is 15.2. The molecule has 0 amide bonds. The molecule has 0 atom stereocenters. The molecule has 5 rings (SSSR count). The third kappa shape index (κ3) is 2.64. The van der Waals surface area contributed by atoms with E-state index < -0.39 is 0 Å². The van der Waals surface area contributed by atoms with Crippen molar-refractivity contribution in [2.75, 3.05) is 18.0 Å². The van der Waals surface area contributed by atoms with Crippen LogP contribution in [0.15, 0.2) is 24.3 Å². The highest BCUT2D eigenvalue weighted by molar-refractivity contribution is 5.91. The van der Waals surface area contributed by atoms with Gasteiger partial charge in [0.05, 0.1) is 16.8 Å². The molecule has 0 unspecified atom stereocenters. The Bertz CT molecular complexity index is 952. The quantitative estimate of drug-likeness (QED) is 0.712. The fourth-order valence-corrected chi connectivity index (χ4v) is 3.80. The van der Waals surface area contributed by atoms with Crippen molar-refractivity contribution >= 4 is 16.9 Å². The van der Waals surface area contributed by atoms with Crippen molar-refractivity contribution in [2.45, 2.75) is 44.9 Å². The maximum Gasteiger partial charge on any atom is 0.169 e. The molecule has 1 aliphatic carbocycles. The van der Waals surface area contributed by atoms with Crippen molar-refractivity contribution in [3.63, 3.8) is 0 Å². The lowest BCUT2D eigenvalue weighted by atomic mass is 10.1. The smallest absolute Gasteiger partial charge is 0.169 e. The van der Waals surface area contributed by atoms with Crippen LogP contribution in [0.25, 0.3) is 16.7 Å². The van der Waals surface area contributed by atoms with Gasteiger partial charge in [-0.25, -0.2) is 19.0 Å². The van der Waals surface area contributed by atoms with Crippen LogP contribution >= 0.6 is 0 Å². The van der Waals surface area contributed by atoms with E-state index in [0.717, 1.165) is 60.0 Å². The number of fused-ring (bicyclic) bond motifs is 1. The van der Waals surface area contributed by atoms with E-state index in [9.17, 15) is 4.39 Å². The molecular formula is C20H22FN5. The van der Waals surface area contributed by atoms with Gasteiger partial charge in [0.1, 0.15) is 17.5 Å². The van der Waals surface area contributed by atoms with Crippen molar-refractivity contribution in [1.29, 1.82) is 0 Å². The van der Waals surface area contributed by atoms with Gasteiger partial charge in [-0.2, -0.15) is 5.10 Å². The SMILES string of the molecule is Cc1nn(-c2ccc(F)cc2)c2nc(C3CC3)nc(N3CCCCC3)c12. The molecule has 0 radical (unpaired) electrons. The number of hydrogen-bond acceptors (Lipinski definition) is 4. The van der Waals surface area contributed by atoms with Gasteiger partial charge in [0.2, 0.25) is 0 Å². The number of anilines is 1. The minimum atomic E-state index is -0.246. The first-order valence-corrected chi connectivity index (χ1v) is 9.49. The van der Waals surface area contributed by atoms with Crippen molar-refractivity contribution in [3.8, 4) is 5.69 Å². The Morgan fingerprint density at radius 2 is 1.73 bits per heavy atom. The van der Waals surface area contributed by atoms with Crippen molar-refractivity contribution in [2.24, 2.45) is 0 Å². The van der Waals surface area contributed by atoms with E-state index >= 15 is 0 Å². The number of hydrogen-bond donors (Lipinski definition) is 0. The van der Waals surface area contributed by atoms with E-state index in [1.54, 1.807) is 12.1 Å². The Hall–Kier alpha value is -2.50. The van der Waals surface area contributed by atoms with Crippen LogP contribution < -0.4 is 4.90 Å². The topological polar surface area (TPSA) is 46.8 Å². The summed E-state index contributed by atoms with van der Waals surface area (Å²) in [6.45, 7) is 4.09. The molecule has 0 bridgehead atoms. The van der Waals surface area contributed by atoms with Gasteiger partial charge in [-0.15, -0.1) is 0 Å². The van der Waals surface area contributed by atoms with Crippen LogP contribution in [-0.2, 0) is 0 Å². The van der Waals surface area contributed by atoms with Crippen molar-refractivity contribution in [3.05, 3.63) is 41.6 Å². The Balaban J connectivity index is 1.72. The Morgan fingerprint density at radius 3 is 2.42 bits per heavy atom. The number of benzene rings is 1. The number of nitrogens with zero attached hydrogens (tertiary/aromatic N) is 5. The molecular weight excluding hydrogens is 329 g/mol. The fourth-order valence-electron chi connectivity index (χ4n) is 3.80. The fraction of sp³-hybridized carbons (Fsp3) is 0.450. The third-order valence-electron chi connectivity index (χ3n) is 5.37. The minimum absolute atomic E-state index is 0.246. The van der Waals surface area contributed by atoms with Crippen LogP contribution in [0.3, 0.4) is 0 Å². The average Bonchev–Trinajstić information content (AvgIpc) is 3.47. The van der Waals surface area contributed by atoms with Crippen LogP contribution in [0.2, 0.25) is 0 Å². The second kappa shape index (κ2) is 6.04. The average molecular weight is 351 g/mol. The third-order valence-corrected chi connectivity index (χ3v) is 5.37. The number of halogens is 1. The second-order valence-electron chi connectivity index (χ2n) is 7.40. The van der Waals surface area contributed by atoms with Gasteiger partial charge in [0, 0.05) is 19.0 Å². The van der Waals surface area contributed by atoms with Gasteiger partial charge >= 0.3 is 0 Å². The molecule has 1 saturated heterocycles. The molecule has 1 saturated carbocycles. The summed E-state index contributed by atoms with van der Waals surface area (Å²) in [5.74, 6) is 2.19. The summed E-state index contributed by atoms with van der Waals surface area (Å²) in [6, 6.07) is 6.43. The van der Waals surface area contributed by atoms with E-state index in [4.69, 9.17) is 15.1 Å². The highest BCUT2D eigenvalue weighted by Gasteiger charge is 2.30. The molecule has 2 aromatic heterocycles. The number of rotatable bonds is 3. The molecule has 3 aromatic rings. The van der Waals surface area contributed by atoms with E-state index in [1.165, 1.54) is 31.4 Å². The molecule has 0 N–H and O–H groups in total.